The first-order chi connectivity index (χ1) is 9.73. The zero-order valence-corrected chi connectivity index (χ0v) is 12.4. The molecule has 0 fully saturated rings. The van der Waals surface area contributed by atoms with Crippen LogP contribution in [0.15, 0.2) is 12.1 Å². The molecule has 0 bridgehead atoms. The van der Waals surface area contributed by atoms with Crippen LogP contribution in [0, 0.1) is 25.2 Å². The highest BCUT2D eigenvalue weighted by Crippen LogP contribution is 2.27. The van der Waals surface area contributed by atoms with Crippen LogP contribution in [0.25, 0.3) is 0 Å². The lowest BCUT2D eigenvalue weighted by molar-refractivity contribution is -0.153. The van der Waals surface area contributed by atoms with E-state index in [-0.39, 0.29) is 5.75 Å². The molecule has 0 amide bonds. The van der Waals surface area contributed by atoms with Crippen molar-refractivity contribution >= 4 is 0 Å². The highest BCUT2D eigenvalue weighted by atomic mass is 19.4. The van der Waals surface area contributed by atoms with E-state index in [4.69, 9.17) is 10.00 Å². The Labute approximate surface area is 122 Å². The second-order valence-electron chi connectivity index (χ2n) is 5.11. The van der Waals surface area contributed by atoms with E-state index in [1.165, 1.54) is 0 Å². The van der Waals surface area contributed by atoms with E-state index in [1.807, 2.05) is 24.1 Å². The molecule has 6 heteroatoms. The van der Waals surface area contributed by atoms with Gasteiger partial charge in [-0.05, 0) is 37.6 Å². The maximum atomic E-state index is 12.2. The maximum absolute atomic E-state index is 12.2. The van der Waals surface area contributed by atoms with E-state index in [0.29, 0.717) is 30.6 Å². The van der Waals surface area contributed by atoms with Gasteiger partial charge in [-0.1, -0.05) is 12.1 Å². The zero-order valence-electron chi connectivity index (χ0n) is 12.4. The number of alkyl halides is 3. The molecule has 0 N–H and O–H groups in total. The van der Waals surface area contributed by atoms with Crippen molar-refractivity contribution in [1.82, 2.24) is 4.90 Å². The number of hydrogen-bond donors (Lipinski definition) is 0. The normalized spacial score (nSPS) is 11.5. The average molecular weight is 300 g/mol. The molecule has 0 saturated carbocycles. The number of benzene rings is 1. The summed E-state index contributed by atoms with van der Waals surface area (Å²) >= 11 is 0. The summed E-state index contributed by atoms with van der Waals surface area (Å²) in [5.74, 6) is 0.288. The number of ether oxygens (including phenoxy) is 1. The van der Waals surface area contributed by atoms with Gasteiger partial charge in [0.1, 0.15) is 5.75 Å². The number of nitrogens with zero attached hydrogens (tertiary/aromatic N) is 2. The molecule has 21 heavy (non-hydrogen) atoms. The molecule has 1 aromatic carbocycles. The summed E-state index contributed by atoms with van der Waals surface area (Å²) in [6.45, 7) is 3.48. The van der Waals surface area contributed by atoms with E-state index >= 15 is 0 Å². The first-order valence-electron chi connectivity index (χ1n) is 6.58. The smallest absolute Gasteiger partial charge is 0.422 e. The van der Waals surface area contributed by atoms with Crippen molar-refractivity contribution < 1.29 is 17.9 Å². The third-order valence-corrected chi connectivity index (χ3v) is 2.96. The van der Waals surface area contributed by atoms with Gasteiger partial charge in [0, 0.05) is 19.5 Å². The summed E-state index contributed by atoms with van der Waals surface area (Å²) in [6, 6.07) is 5.72. The Hall–Kier alpha value is -1.74. The van der Waals surface area contributed by atoms with E-state index in [0.717, 1.165) is 5.56 Å². The summed E-state index contributed by atoms with van der Waals surface area (Å²) in [5.41, 5.74) is 2.36. The molecule has 0 spiro atoms. The summed E-state index contributed by atoms with van der Waals surface area (Å²) in [6.07, 6.45) is -3.89. The minimum absolute atomic E-state index is 0.288. The van der Waals surface area contributed by atoms with Crippen molar-refractivity contribution in [3.05, 3.63) is 28.8 Å². The summed E-state index contributed by atoms with van der Waals surface area (Å²) in [5, 5.41) is 8.55. The van der Waals surface area contributed by atoms with E-state index in [1.54, 1.807) is 13.8 Å². The molecule has 0 saturated heterocycles. The Morgan fingerprint density at radius 3 is 2.29 bits per heavy atom. The molecule has 0 radical (unpaired) electrons. The maximum Gasteiger partial charge on any atom is 0.422 e. The molecular weight excluding hydrogens is 281 g/mol. The van der Waals surface area contributed by atoms with Crippen molar-refractivity contribution in [2.75, 3.05) is 20.2 Å². The van der Waals surface area contributed by atoms with Crippen LogP contribution in [-0.4, -0.2) is 31.3 Å². The molecule has 116 valence electrons. The van der Waals surface area contributed by atoms with Crippen LogP contribution in [0.4, 0.5) is 13.2 Å². The van der Waals surface area contributed by atoms with Gasteiger partial charge < -0.3 is 9.64 Å². The van der Waals surface area contributed by atoms with Crippen LogP contribution in [0.2, 0.25) is 0 Å². The number of aryl methyl sites for hydroxylation is 2. The van der Waals surface area contributed by atoms with Crippen LogP contribution < -0.4 is 4.74 Å². The van der Waals surface area contributed by atoms with Gasteiger partial charge in [-0.15, -0.1) is 0 Å². The van der Waals surface area contributed by atoms with Gasteiger partial charge >= 0.3 is 6.18 Å². The number of nitriles is 1. The largest absolute Gasteiger partial charge is 0.484 e. The van der Waals surface area contributed by atoms with E-state index in [9.17, 15) is 13.2 Å². The molecule has 0 aliphatic carbocycles. The number of rotatable bonds is 6. The summed E-state index contributed by atoms with van der Waals surface area (Å²) in [4.78, 5) is 1.99. The summed E-state index contributed by atoms with van der Waals surface area (Å²) in [7, 11) is 1.90. The molecule has 3 nitrogen and oxygen atoms in total. The minimum Gasteiger partial charge on any atom is -0.484 e. The van der Waals surface area contributed by atoms with Gasteiger partial charge in [-0.3, -0.25) is 0 Å². The first kappa shape index (κ1) is 17.3. The van der Waals surface area contributed by atoms with Crippen LogP contribution >= 0.6 is 0 Å². The fourth-order valence-corrected chi connectivity index (χ4v) is 2.14. The Morgan fingerprint density at radius 2 is 1.81 bits per heavy atom. The van der Waals surface area contributed by atoms with Crippen LogP contribution in [-0.2, 0) is 6.54 Å². The van der Waals surface area contributed by atoms with Gasteiger partial charge in [-0.25, -0.2) is 0 Å². The number of halogens is 3. The molecule has 1 aromatic rings. The molecular formula is C15H19F3N2O. The average Bonchev–Trinajstić information content (AvgIpc) is 2.33. The van der Waals surface area contributed by atoms with Gasteiger partial charge in [-0.2, -0.15) is 18.4 Å². The van der Waals surface area contributed by atoms with Gasteiger partial charge in [0.25, 0.3) is 0 Å². The SMILES string of the molecule is Cc1cc(CN(C)CCC#N)cc(C)c1OCC(F)(F)F. The second kappa shape index (κ2) is 7.32. The van der Waals surface area contributed by atoms with Crippen molar-refractivity contribution in [2.24, 2.45) is 0 Å². The zero-order chi connectivity index (χ0) is 16.0. The lowest BCUT2D eigenvalue weighted by atomic mass is 10.1. The van der Waals surface area contributed by atoms with Crippen LogP contribution in [0.3, 0.4) is 0 Å². The molecule has 0 atom stereocenters. The van der Waals surface area contributed by atoms with Gasteiger partial charge in [0.15, 0.2) is 6.61 Å². The Kier molecular flexibility index (Phi) is 6.03. The minimum atomic E-state index is -4.34. The van der Waals surface area contributed by atoms with E-state index in [2.05, 4.69) is 6.07 Å². The molecule has 0 heterocycles. The third-order valence-electron chi connectivity index (χ3n) is 2.96. The fourth-order valence-electron chi connectivity index (χ4n) is 2.14. The quantitative estimate of drug-likeness (QED) is 0.805. The first-order valence-corrected chi connectivity index (χ1v) is 6.58. The predicted octanol–water partition coefficient (Wildman–Crippen LogP) is 3.59. The highest BCUT2D eigenvalue weighted by molar-refractivity contribution is 5.43. The van der Waals surface area contributed by atoms with Crippen molar-refractivity contribution in [3.8, 4) is 11.8 Å². The lowest BCUT2D eigenvalue weighted by Crippen LogP contribution is -2.20. The van der Waals surface area contributed by atoms with Gasteiger partial charge in [0.05, 0.1) is 6.07 Å². The fraction of sp³-hybridized carbons (Fsp3) is 0.533. The summed E-state index contributed by atoms with van der Waals surface area (Å²) < 4.78 is 41.5. The van der Waals surface area contributed by atoms with Crippen molar-refractivity contribution in [1.29, 1.82) is 5.26 Å². The number of hydrogen-bond acceptors (Lipinski definition) is 3. The van der Waals surface area contributed by atoms with Crippen molar-refractivity contribution in [3.63, 3.8) is 0 Å². The molecule has 1 rings (SSSR count). The Bertz CT molecular complexity index is 498. The Balaban J connectivity index is 2.77. The highest BCUT2D eigenvalue weighted by Gasteiger charge is 2.29. The molecule has 0 aliphatic rings. The second-order valence-corrected chi connectivity index (χ2v) is 5.11. The van der Waals surface area contributed by atoms with Gasteiger partial charge in [0.2, 0.25) is 0 Å². The third kappa shape index (κ3) is 6.05. The standard InChI is InChI=1S/C15H19F3N2O/c1-11-7-13(9-20(3)6-4-5-19)8-12(2)14(11)21-10-15(16,17)18/h7-8H,4,6,9-10H2,1-3H3. The molecule has 0 aliphatic heterocycles. The topological polar surface area (TPSA) is 36.3 Å². The van der Waals surface area contributed by atoms with Crippen LogP contribution in [0.5, 0.6) is 5.75 Å². The van der Waals surface area contributed by atoms with Crippen molar-refractivity contribution in [2.45, 2.75) is 33.0 Å². The predicted molar refractivity (Wildman–Crippen MR) is 74.0 cm³/mol. The Morgan fingerprint density at radius 1 is 1.24 bits per heavy atom. The molecule has 0 aromatic heterocycles. The van der Waals surface area contributed by atoms with Crippen LogP contribution in [0.1, 0.15) is 23.1 Å². The lowest BCUT2D eigenvalue weighted by Gasteiger charge is -2.18. The monoisotopic (exact) mass is 300 g/mol. The van der Waals surface area contributed by atoms with E-state index < -0.39 is 12.8 Å². The molecule has 0 unspecified atom stereocenters.